The molecule has 3 atom stereocenters. The van der Waals surface area contributed by atoms with Gasteiger partial charge in [0.1, 0.15) is 0 Å². The Labute approximate surface area is 303 Å². The molecule has 2 heterocycles. The van der Waals surface area contributed by atoms with E-state index in [1.165, 1.54) is 73.5 Å². The van der Waals surface area contributed by atoms with Gasteiger partial charge in [-0.3, -0.25) is 0 Å². The molecule has 0 amide bonds. The smallest absolute Gasteiger partial charge is 0.0537 e. The molecule has 0 radical (unpaired) electrons. The van der Waals surface area contributed by atoms with Crippen LogP contribution in [-0.2, 0) is 17.3 Å². The Kier molecular flexibility index (Phi) is 7.54. The summed E-state index contributed by atoms with van der Waals surface area (Å²) in [6.45, 7) is 11.3. The fraction of sp³-hybridized carbons (Fsp3) is 0.224. The minimum absolute atomic E-state index is 0.150. The van der Waals surface area contributed by atoms with Crippen LogP contribution >= 0.6 is 0 Å². The average Bonchev–Trinajstić information content (AvgIpc) is 3.71. The second-order valence-electron chi connectivity index (χ2n) is 15.4. The molecule has 2 aliphatic carbocycles. The van der Waals surface area contributed by atoms with Gasteiger partial charge in [-0.1, -0.05) is 129 Å². The van der Waals surface area contributed by atoms with E-state index in [1.54, 1.807) is 0 Å². The predicted molar refractivity (Wildman–Crippen MR) is 216 cm³/mol. The summed E-state index contributed by atoms with van der Waals surface area (Å²) in [5.41, 5.74) is 14.0. The van der Waals surface area contributed by atoms with Gasteiger partial charge in [-0.15, -0.1) is 6.58 Å². The van der Waals surface area contributed by atoms with E-state index >= 15 is 0 Å². The molecule has 2 nitrogen and oxygen atoms in total. The van der Waals surface area contributed by atoms with E-state index in [-0.39, 0.29) is 10.8 Å². The summed E-state index contributed by atoms with van der Waals surface area (Å²) in [4.78, 5) is 2.58. The third-order valence-electron chi connectivity index (χ3n) is 12.3. The normalized spacial score (nSPS) is 19.0. The molecule has 0 saturated heterocycles. The maximum atomic E-state index is 4.34. The van der Waals surface area contributed by atoms with Gasteiger partial charge in [0.05, 0.1) is 5.52 Å². The van der Waals surface area contributed by atoms with E-state index in [2.05, 4.69) is 189 Å². The van der Waals surface area contributed by atoms with Crippen molar-refractivity contribution in [3.63, 3.8) is 0 Å². The van der Waals surface area contributed by atoms with Gasteiger partial charge in [-0.2, -0.15) is 0 Å². The largest absolute Gasteiger partial charge is 0.337 e. The number of aromatic nitrogens is 1. The number of nitrogens with zero attached hydrogens (tertiary/aromatic N) is 2. The summed E-state index contributed by atoms with van der Waals surface area (Å²) in [5, 5.41) is 1.34. The lowest BCUT2D eigenvalue weighted by atomic mass is 9.73. The zero-order chi connectivity index (χ0) is 34.7. The van der Waals surface area contributed by atoms with E-state index in [0.29, 0.717) is 12.0 Å². The standard InChI is InChI=1S/C49H46N2/c1-5-49(4,37-28-32-39(33-29-37)51-46-20-12-8-16-42(46)43-17-9-13-21-47(43)51)36-24-22-34(23-25-36)48(2,3)35-26-30-38(31-27-35)50-44-18-10-6-14-40(44)41-15-7-11-19-45(41)50/h5-10,12,14-18,20,22-33,43,47H,1,11,13,19,21H2,2-4H3. The van der Waals surface area contributed by atoms with E-state index in [4.69, 9.17) is 0 Å². The minimum atomic E-state index is -0.310. The molecule has 5 aromatic carbocycles. The van der Waals surface area contributed by atoms with Crippen LogP contribution in [0.1, 0.15) is 85.0 Å². The highest BCUT2D eigenvalue weighted by Gasteiger charge is 2.38. The maximum Gasteiger partial charge on any atom is 0.0537 e. The molecule has 3 aliphatic rings. The van der Waals surface area contributed by atoms with E-state index < -0.39 is 0 Å². The van der Waals surface area contributed by atoms with E-state index in [0.717, 1.165) is 19.3 Å². The molecule has 9 rings (SSSR count). The van der Waals surface area contributed by atoms with Crippen molar-refractivity contribution in [1.82, 2.24) is 4.57 Å². The SMILES string of the molecule is C=CC(C)(c1ccc(N2c3ccccc3C3C=CCCC32)cc1)c1ccc(C(C)(C)c2ccc(-n3c4c(c5ccccc53)C=CCC4)cc2)cc1. The second kappa shape index (κ2) is 12.2. The molecule has 3 unspecified atom stereocenters. The first-order valence-corrected chi connectivity index (χ1v) is 18.7. The van der Waals surface area contributed by atoms with Crippen LogP contribution in [0.15, 0.2) is 152 Å². The third-order valence-corrected chi connectivity index (χ3v) is 12.3. The number of hydrogen-bond acceptors (Lipinski definition) is 1. The monoisotopic (exact) mass is 662 g/mol. The highest BCUT2D eigenvalue weighted by atomic mass is 15.2. The number of allylic oxidation sites excluding steroid dienone is 3. The zero-order valence-electron chi connectivity index (χ0n) is 30.0. The van der Waals surface area contributed by atoms with Crippen LogP contribution in [0.3, 0.4) is 0 Å². The van der Waals surface area contributed by atoms with Crippen LogP contribution < -0.4 is 4.90 Å². The van der Waals surface area contributed by atoms with Crippen LogP contribution in [0.2, 0.25) is 0 Å². The van der Waals surface area contributed by atoms with Gasteiger partial charge >= 0.3 is 0 Å². The summed E-state index contributed by atoms with van der Waals surface area (Å²) in [7, 11) is 0. The highest BCUT2D eigenvalue weighted by Crippen LogP contribution is 2.49. The van der Waals surface area contributed by atoms with Crippen LogP contribution in [-0.4, -0.2) is 10.6 Å². The molecule has 0 saturated carbocycles. The Morgan fingerprint density at radius 1 is 0.667 bits per heavy atom. The molecule has 1 aromatic heterocycles. The number of anilines is 2. The molecule has 0 bridgehead atoms. The van der Waals surface area contributed by atoms with Crippen molar-refractivity contribution in [3.8, 4) is 5.69 Å². The molecule has 6 aromatic rings. The quantitative estimate of drug-likeness (QED) is 0.154. The number of rotatable bonds is 7. The Morgan fingerprint density at radius 2 is 1.29 bits per heavy atom. The Hall–Kier alpha value is -5.34. The third kappa shape index (κ3) is 4.99. The molecule has 252 valence electrons. The van der Waals surface area contributed by atoms with Gasteiger partial charge in [0, 0.05) is 56.5 Å². The van der Waals surface area contributed by atoms with Crippen molar-refractivity contribution in [2.45, 2.75) is 69.2 Å². The van der Waals surface area contributed by atoms with Gasteiger partial charge in [0.25, 0.3) is 0 Å². The summed E-state index contributed by atoms with van der Waals surface area (Å²) in [5.74, 6) is 0.469. The second-order valence-corrected chi connectivity index (χ2v) is 15.4. The molecule has 0 fully saturated rings. The van der Waals surface area contributed by atoms with Crippen molar-refractivity contribution < 1.29 is 0 Å². The van der Waals surface area contributed by atoms with Crippen LogP contribution in [0.4, 0.5) is 11.4 Å². The van der Waals surface area contributed by atoms with E-state index in [9.17, 15) is 0 Å². The number of para-hydroxylation sites is 2. The van der Waals surface area contributed by atoms with Crippen molar-refractivity contribution in [3.05, 3.63) is 191 Å². The van der Waals surface area contributed by atoms with Crippen molar-refractivity contribution in [1.29, 1.82) is 0 Å². The fourth-order valence-electron chi connectivity index (χ4n) is 9.18. The van der Waals surface area contributed by atoms with Crippen LogP contribution in [0, 0.1) is 0 Å². The molecule has 0 spiro atoms. The number of hydrogen-bond donors (Lipinski definition) is 0. The number of benzene rings is 5. The zero-order valence-corrected chi connectivity index (χ0v) is 30.0. The Bertz CT molecular complexity index is 2310. The summed E-state index contributed by atoms with van der Waals surface area (Å²) in [6.07, 6.45) is 16.0. The molecular weight excluding hydrogens is 617 g/mol. The van der Waals surface area contributed by atoms with Gasteiger partial charge < -0.3 is 9.47 Å². The maximum absolute atomic E-state index is 4.34. The molecule has 2 heteroatoms. The van der Waals surface area contributed by atoms with Gasteiger partial charge in [-0.05, 0) is 96.8 Å². The van der Waals surface area contributed by atoms with Crippen molar-refractivity contribution >= 4 is 28.4 Å². The Morgan fingerprint density at radius 3 is 2.04 bits per heavy atom. The summed E-state index contributed by atoms with van der Waals surface area (Å²) >= 11 is 0. The van der Waals surface area contributed by atoms with Crippen LogP contribution in [0.25, 0.3) is 22.7 Å². The lowest BCUT2D eigenvalue weighted by Gasteiger charge is -2.33. The lowest BCUT2D eigenvalue weighted by Crippen LogP contribution is -2.31. The minimum Gasteiger partial charge on any atom is -0.337 e. The number of fused-ring (bicyclic) bond motifs is 6. The highest BCUT2D eigenvalue weighted by molar-refractivity contribution is 5.93. The predicted octanol–water partition coefficient (Wildman–Crippen LogP) is 12.4. The molecule has 1 aliphatic heterocycles. The topological polar surface area (TPSA) is 8.17 Å². The summed E-state index contributed by atoms with van der Waals surface area (Å²) in [6, 6.07) is 46.0. The first-order valence-electron chi connectivity index (χ1n) is 18.7. The molecular formula is C49H46N2. The molecule has 0 N–H and O–H groups in total. The van der Waals surface area contributed by atoms with Crippen molar-refractivity contribution in [2.75, 3.05) is 4.90 Å². The summed E-state index contributed by atoms with van der Waals surface area (Å²) < 4.78 is 2.47. The first-order chi connectivity index (χ1) is 24.9. The Balaban J connectivity index is 0.979. The first kappa shape index (κ1) is 31.6. The van der Waals surface area contributed by atoms with Gasteiger partial charge in [0.2, 0.25) is 0 Å². The van der Waals surface area contributed by atoms with E-state index in [1.807, 2.05) is 0 Å². The lowest BCUT2D eigenvalue weighted by molar-refractivity contribution is 0.565. The van der Waals surface area contributed by atoms with Crippen molar-refractivity contribution in [2.24, 2.45) is 0 Å². The fourth-order valence-corrected chi connectivity index (χ4v) is 9.18. The molecule has 51 heavy (non-hydrogen) atoms. The average molecular weight is 663 g/mol. The van der Waals surface area contributed by atoms with Gasteiger partial charge in [0.15, 0.2) is 0 Å². The van der Waals surface area contributed by atoms with Gasteiger partial charge in [-0.25, -0.2) is 0 Å². The van der Waals surface area contributed by atoms with Crippen LogP contribution in [0.5, 0.6) is 0 Å².